The standard InChI is InChI=1S/C12H22N2O3/c1-9-5-3-6-10(9)13-12(17)14(2)8-4-7-11(15)16/h9-10H,3-8H2,1-2H3,(H,13,17)(H,15,16). The van der Waals surface area contributed by atoms with Gasteiger partial charge in [0.05, 0.1) is 0 Å². The van der Waals surface area contributed by atoms with Crippen molar-refractivity contribution in [2.24, 2.45) is 5.92 Å². The van der Waals surface area contributed by atoms with Gasteiger partial charge in [-0.1, -0.05) is 13.3 Å². The van der Waals surface area contributed by atoms with E-state index in [9.17, 15) is 9.59 Å². The lowest BCUT2D eigenvalue weighted by atomic mass is 10.1. The second kappa shape index (κ2) is 6.47. The first-order valence-electron chi connectivity index (χ1n) is 6.24. The van der Waals surface area contributed by atoms with Gasteiger partial charge in [0.15, 0.2) is 0 Å². The second-order valence-electron chi connectivity index (χ2n) is 4.88. The van der Waals surface area contributed by atoms with Gasteiger partial charge in [-0.15, -0.1) is 0 Å². The Kier molecular flexibility index (Phi) is 5.25. The van der Waals surface area contributed by atoms with Crippen LogP contribution in [-0.2, 0) is 4.79 Å². The number of carboxylic acid groups (broad SMARTS) is 1. The number of carboxylic acids is 1. The van der Waals surface area contributed by atoms with Gasteiger partial charge >= 0.3 is 12.0 Å². The zero-order chi connectivity index (χ0) is 12.8. The minimum Gasteiger partial charge on any atom is -0.481 e. The lowest BCUT2D eigenvalue weighted by Gasteiger charge is -2.23. The molecule has 0 radical (unpaired) electrons. The van der Waals surface area contributed by atoms with Crippen molar-refractivity contribution < 1.29 is 14.7 Å². The summed E-state index contributed by atoms with van der Waals surface area (Å²) in [5.41, 5.74) is 0. The van der Waals surface area contributed by atoms with Crippen LogP contribution in [0.2, 0.25) is 0 Å². The highest BCUT2D eigenvalue weighted by Gasteiger charge is 2.25. The molecule has 17 heavy (non-hydrogen) atoms. The summed E-state index contributed by atoms with van der Waals surface area (Å²) >= 11 is 0. The molecular formula is C12H22N2O3. The van der Waals surface area contributed by atoms with Gasteiger partial charge in [0.2, 0.25) is 0 Å². The first-order valence-corrected chi connectivity index (χ1v) is 6.24. The van der Waals surface area contributed by atoms with Crippen molar-refractivity contribution in [3.63, 3.8) is 0 Å². The van der Waals surface area contributed by atoms with Crippen LogP contribution in [0.3, 0.4) is 0 Å². The summed E-state index contributed by atoms with van der Waals surface area (Å²) in [6, 6.07) is 0.193. The molecule has 0 saturated heterocycles. The number of rotatable bonds is 5. The molecule has 2 N–H and O–H groups in total. The van der Waals surface area contributed by atoms with Crippen LogP contribution < -0.4 is 5.32 Å². The zero-order valence-electron chi connectivity index (χ0n) is 10.6. The predicted octanol–water partition coefficient (Wildman–Crippen LogP) is 1.68. The molecule has 1 rings (SSSR count). The number of hydrogen-bond acceptors (Lipinski definition) is 2. The molecule has 1 fully saturated rings. The predicted molar refractivity (Wildman–Crippen MR) is 64.8 cm³/mol. The Labute approximate surface area is 102 Å². The lowest BCUT2D eigenvalue weighted by Crippen LogP contribution is -2.44. The molecule has 5 nitrogen and oxygen atoms in total. The van der Waals surface area contributed by atoms with E-state index >= 15 is 0 Å². The Hall–Kier alpha value is -1.26. The Balaban J connectivity index is 2.24. The van der Waals surface area contributed by atoms with Gasteiger partial charge in [-0.25, -0.2) is 4.79 Å². The number of amides is 2. The van der Waals surface area contributed by atoms with Crippen LogP contribution in [0.5, 0.6) is 0 Å². The van der Waals surface area contributed by atoms with Crippen LogP contribution in [0.25, 0.3) is 0 Å². The minimum atomic E-state index is -0.816. The summed E-state index contributed by atoms with van der Waals surface area (Å²) in [4.78, 5) is 23.7. The highest BCUT2D eigenvalue weighted by molar-refractivity contribution is 5.74. The fourth-order valence-electron chi connectivity index (χ4n) is 2.20. The first kappa shape index (κ1) is 13.8. The third kappa shape index (κ3) is 4.63. The molecule has 1 saturated carbocycles. The summed E-state index contributed by atoms with van der Waals surface area (Å²) in [6.07, 6.45) is 4.01. The van der Waals surface area contributed by atoms with Crippen LogP contribution in [0.4, 0.5) is 4.79 Å². The fourth-order valence-corrected chi connectivity index (χ4v) is 2.20. The molecule has 98 valence electrons. The molecule has 0 aromatic rings. The number of carbonyl (C=O) groups excluding carboxylic acids is 1. The first-order chi connectivity index (χ1) is 8.00. The molecule has 0 spiro atoms. The average molecular weight is 242 g/mol. The number of nitrogens with zero attached hydrogens (tertiary/aromatic N) is 1. The molecule has 0 aromatic heterocycles. The van der Waals surface area contributed by atoms with Crippen LogP contribution >= 0.6 is 0 Å². The molecule has 5 heteroatoms. The lowest BCUT2D eigenvalue weighted by molar-refractivity contribution is -0.137. The average Bonchev–Trinajstić information content (AvgIpc) is 2.63. The van der Waals surface area contributed by atoms with Crippen LogP contribution in [0.15, 0.2) is 0 Å². The molecule has 0 aliphatic heterocycles. The van der Waals surface area contributed by atoms with E-state index in [4.69, 9.17) is 5.11 Å². The number of hydrogen-bond donors (Lipinski definition) is 2. The summed E-state index contributed by atoms with van der Waals surface area (Å²) < 4.78 is 0. The quantitative estimate of drug-likeness (QED) is 0.770. The molecule has 1 aliphatic carbocycles. The second-order valence-corrected chi connectivity index (χ2v) is 4.88. The highest BCUT2D eigenvalue weighted by atomic mass is 16.4. The Morgan fingerprint density at radius 1 is 1.41 bits per heavy atom. The Bertz CT molecular complexity index is 281. The largest absolute Gasteiger partial charge is 0.481 e. The SMILES string of the molecule is CC1CCCC1NC(=O)N(C)CCCC(=O)O. The molecular weight excluding hydrogens is 220 g/mol. The van der Waals surface area contributed by atoms with Gasteiger partial charge in [-0.3, -0.25) is 4.79 Å². The van der Waals surface area contributed by atoms with Crippen molar-refractivity contribution in [2.45, 2.75) is 45.1 Å². The molecule has 0 aromatic carbocycles. The van der Waals surface area contributed by atoms with Gasteiger partial charge in [0, 0.05) is 26.1 Å². The summed E-state index contributed by atoms with van der Waals surface area (Å²) in [5.74, 6) is -0.269. The van der Waals surface area contributed by atoms with Crippen molar-refractivity contribution in [1.29, 1.82) is 0 Å². The fraction of sp³-hybridized carbons (Fsp3) is 0.833. The maximum absolute atomic E-state index is 11.8. The van der Waals surface area contributed by atoms with Crippen LogP contribution in [0, 0.1) is 5.92 Å². The molecule has 0 heterocycles. The Morgan fingerprint density at radius 2 is 2.12 bits per heavy atom. The number of urea groups is 1. The van der Waals surface area contributed by atoms with Gasteiger partial charge in [-0.05, 0) is 25.2 Å². The van der Waals surface area contributed by atoms with Gasteiger partial charge in [-0.2, -0.15) is 0 Å². The van der Waals surface area contributed by atoms with Gasteiger partial charge in [0.1, 0.15) is 0 Å². The number of nitrogens with one attached hydrogen (secondary N) is 1. The Morgan fingerprint density at radius 3 is 2.65 bits per heavy atom. The summed E-state index contributed by atoms with van der Waals surface area (Å²) in [5, 5.41) is 11.5. The van der Waals surface area contributed by atoms with Crippen molar-refractivity contribution in [3.05, 3.63) is 0 Å². The van der Waals surface area contributed by atoms with E-state index < -0.39 is 5.97 Å². The molecule has 2 amide bonds. The molecule has 2 atom stereocenters. The van der Waals surface area contributed by atoms with Crippen LogP contribution in [-0.4, -0.2) is 41.6 Å². The topological polar surface area (TPSA) is 69.6 Å². The van der Waals surface area contributed by atoms with Gasteiger partial charge in [0.25, 0.3) is 0 Å². The third-order valence-electron chi connectivity index (χ3n) is 3.40. The summed E-state index contributed by atoms with van der Waals surface area (Å²) in [6.45, 7) is 2.64. The zero-order valence-corrected chi connectivity index (χ0v) is 10.6. The van der Waals surface area contributed by atoms with E-state index in [1.54, 1.807) is 11.9 Å². The number of aliphatic carboxylic acids is 1. The van der Waals surface area contributed by atoms with Crippen molar-refractivity contribution in [1.82, 2.24) is 10.2 Å². The van der Waals surface area contributed by atoms with E-state index in [0.717, 1.165) is 6.42 Å². The van der Waals surface area contributed by atoms with Crippen molar-refractivity contribution >= 4 is 12.0 Å². The van der Waals surface area contributed by atoms with E-state index in [2.05, 4.69) is 12.2 Å². The molecule has 2 unspecified atom stereocenters. The highest BCUT2D eigenvalue weighted by Crippen LogP contribution is 2.24. The molecule has 1 aliphatic rings. The maximum Gasteiger partial charge on any atom is 0.317 e. The minimum absolute atomic E-state index is 0.0888. The van der Waals surface area contributed by atoms with Gasteiger partial charge < -0.3 is 15.3 Å². The van der Waals surface area contributed by atoms with E-state index in [0.29, 0.717) is 18.9 Å². The summed E-state index contributed by atoms with van der Waals surface area (Å²) in [7, 11) is 1.71. The monoisotopic (exact) mass is 242 g/mol. The van der Waals surface area contributed by atoms with Crippen LogP contribution in [0.1, 0.15) is 39.0 Å². The normalized spacial score (nSPS) is 23.4. The smallest absolute Gasteiger partial charge is 0.317 e. The third-order valence-corrected chi connectivity index (χ3v) is 3.40. The maximum atomic E-state index is 11.8. The van der Waals surface area contributed by atoms with Crippen molar-refractivity contribution in [3.8, 4) is 0 Å². The van der Waals surface area contributed by atoms with E-state index in [1.165, 1.54) is 12.8 Å². The van der Waals surface area contributed by atoms with E-state index in [-0.39, 0.29) is 18.5 Å². The van der Waals surface area contributed by atoms with E-state index in [1.807, 2.05) is 0 Å². The van der Waals surface area contributed by atoms with Crippen molar-refractivity contribution in [2.75, 3.05) is 13.6 Å². The number of carbonyl (C=O) groups is 2. The molecule has 0 bridgehead atoms.